The summed E-state index contributed by atoms with van der Waals surface area (Å²) in [5.41, 5.74) is 1.53. The Hall–Kier alpha value is -2.04. The average molecular weight is 320 g/mol. The van der Waals surface area contributed by atoms with E-state index in [4.69, 9.17) is 4.74 Å². The van der Waals surface area contributed by atoms with Gasteiger partial charge >= 0.3 is 6.09 Å². The van der Waals surface area contributed by atoms with Crippen LogP contribution in [-0.4, -0.2) is 36.1 Å². The normalized spacial score (nSPS) is 11.0. The van der Waals surface area contributed by atoms with E-state index < -0.39 is 5.60 Å². The van der Waals surface area contributed by atoms with Gasteiger partial charge in [0.2, 0.25) is 5.91 Å². The van der Waals surface area contributed by atoms with E-state index in [0.29, 0.717) is 19.4 Å². The van der Waals surface area contributed by atoms with Gasteiger partial charge in [0, 0.05) is 25.7 Å². The zero-order valence-corrected chi connectivity index (χ0v) is 14.8. The molecule has 128 valence electrons. The van der Waals surface area contributed by atoms with E-state index >= 15 is 0 Å². The molecular formula is C18H28N2O3. The van der Waals surface area contributed by atoms with E-state index in [1.165, 1.54) is 10.5 Å². The highest BCUT2D eigenvalue weighted by molar-refractivity contribution is 5.90. The summed E-state index contributed by atoms with van der Waals surface area (Å²) in [7, 11) is 1.68. The molecule has 0 fully saturated rings. The Labute approximate surface area is 139 Å². The third-order valence-electron chi connectivity index (χ3n) is 3.25. The number of anilines is 1. The highest BCUT2D eigenvalue weighted by Gasteiger charge is 2.19. The number of carbonyl (C=O) groups is 2. The van der Waals surface area contributed by atoms with Gasteiger partial charge in [-0.05, 0) is 51.3 Å². The maximum atomic E-state index is 11.9. The van der Waals surface area contributed by atoms with Gasteiger partial charge in [-0.2, -0.15) is 0 Å². The van der Waals surface area contributed by atoms with Gasteiger partial charge in [-0.3, -0.25) is 4.79 Å². The van der Waals surface area contributed by atoms with Crippen molar-refractivity contribution in [1.82, 2.24) is 4.90 Å². The highest BCUT2D eigenvalue weighted by atomic mass is 16.6. The summed E-state index contributed by atoms with van der Waals surface area (Å²) >= 11 is 0. The van der Waals surface area contributed by atoms with Crippen molar-refractivity contribution < 1.29 is 14.3 Å². The zero-order chi connectivity index (χ0) is 17.5. The van der Waals surface area contributed by atoms with Crippen LogP contribution in [0.2, 0.25) is 0 Å². The van der Waals surface area contributed by atoms with E-state index in [1.54, 1.807) is 7.05 Å². The fraction of sp³-hybridized carbons (Fsp3) is 0.556. The Morgan fingerprint density at radius 2 is 1.78 bits per heavy atom. The lowest BCUT2D eigenvalue weighted by Crippen LogP contribution is -2.35. The largest absolute Gasteiger partial charge is 0.444 e. The Kier molecular flexibility index (Phi) is 7.07. The predicted molar refractivity (Wildman–Crippen MR) is 92.5 cm³/mol. The number of rotatable bonds is 6. The van der Waals surface area contributed by atoms with E-state index in [-0.39, 0.29) is 12.0 Å². The molecule has 1 aromatic rings. The molecule has 0 aliphatic carbocycles. The van der Waals surface area contributed by atoms with Crippen molar-refractivity contribution in [2.75, 3.05) is 18.9 Å². The molecule has 0 bridgehead atoms. The zero-order valence-electron chi connectivity index (χ0n) is 14.8. The van der Waals surface area contributed by atoms with Gasteiger partial charge in [0.15, 0.2) is 0 Å². The molecule has 0 atom stereocenters. The minimum Gasteiger partial charge on any atom is -0.444 e. The fourth-order valence-electron chi connectivity index (χ4n) is 1.96. The third-order valence-corrected chi connectivity index (χ3v) is 3.25. The maximum Gasteiger partial charge on any atom is 0.410 e. The van der Waals surface area contributed by atoms with Crippen LogP contribution in [0.15, 0.2) is 24.3 Å². The Bertz CT molecular complexity index is 518. The molecule has 0 aromatic heterocycles. The molecule has 0 aliphatic rings. The van der Waals surface area contributed by atoms with Gasteiger partial charge in [0.1, 0.15) is 5.60 Å². The second kappa shape index (κ2) is 8.56. The summed E-state index contributed by atoms with van der Waals surface area (Å²) in [6.45, 7) is 8.06. The lowest BCUT2D eigenvalue weighted by atomic mass is 10.1. The van der Waals surface area contributed by atoms with Gasteiger partial charge in [-0.15, -0.1) is 0 Å². The summed E-state index contributed by atoms with van der Waals surface area (Å²) in [5, 5.41) is 2.86. The lowest BCUT2D eigenvalue weighted by Gasteiger charge is -2.24. The third kappa shape index (κ3) is 7.68. The van der Waals surface area contributed by atoms with Crippen LogP contribution in [-0.2, 0) is 16.0 Å². The Morgan fingerprint density at radius 1 is 1.17 bits per heavy atom. The average Bonchev–Trinajstić information content (AvgIpc) is 2.46. The Morgan fingerprint density at radius 3 is 2.30 bits per heavy atom. The molecular weight excluding hydrogens is 292 g/mol. The summed E-state index contributed by atoms with van der Waals surface area (Å²) in [6.07, 6.45) is 1.57. The lowest BCUT2D eigenvalue weighted by molar-refractivity contribution is -0.116. The van der Waals surface area contributed by atoms with Crippen LogP contribution in [0, 0.1) is 0 Å². The monoisotopic (exact) mass is 320 g/mol. The van der Waals surface area contributed by atoms with Crippen molar-refractivity contribution in [1.29, 1.82) is 0 Å². The fourth-order valence-corrected chi connectivity index (χ4v) is 1.96. The first-order valence-electron chi connectivity index (χ1n) is 8.04. The number of nitrogens with one attached hydrogen (secondary N) is 1. The van der Waals surface area contributed by atoms with Gasteiger partial charge in [0.05, 0.1) is 0 Å². The van der Waals surface area contributed by atoms with Gasteiger partial charge < -0.3 is 15.0 Å². The van der Waals surface area contributed by atoms with Gasteiger partial charge in [0.25, 0.3) is 0 Å². The number of hydrogen-bond donors (Lipinski definition) is 1. The summed E-state index contributed by atoms with van der Waals surface area (Å²) in [5.74, 6) is -0.0492. The van der Waals surface area contributed by atoms with Crippen LogP contribution in [0.5, 0.6) is 0 Å². The molecule has 0 heterocycles. The molecule has 0 saturated carbocycles. The van der Waals surface area contributed by atoms with Crippen molar-refractivity contribution in [2.45, 2.75) is 52.6 Å². The van der Waals surface area contributed by atoms with E-state index in [2.05, 4.69) is 12.2 Å². The van der Waals surface area contributed by atoms with Crippen molar-refractivity contribution in [3.05, 3.63) is 29.8 Å². The summed E-state index contributed by atoms with van der Waals surface area (Å²) < 4.78 is 5.26. The second-order valence-electron chi connectivity index (χ2n) is 6.60. The van der Waals surface area contributed by atoms with Crippen LogP contribution in [0.25, 0.3) is 0 Å². The van der Waals surface area contributed by atoms with Crippen LogP contribution in [0.1, 0.15) is 46.1 Å². The smallest absolute Gasteiger partial charge is 0.410 e. The summed E-state index contributed by atoms with van der Waals surface area (Å²) in [6, 6.07) is 7.82. The minimum atomic E-state index is -0.507. The van der Waals surface area contributed by atoms with Crippen LogP contribution >= 0.6 is 0 Å². The van der Waals surface area contributed by atoms with Gasteiger partial charge in [-0.1, -0.05) is 19.1 Å². The topological polar surface area (TPSA) is 58.6 Å². The van der Waals surface area contributed by atoms with Crippen molar-refractivity contribution in [3.63, 3.8) is 0 Å². The van der Waals surface area contributed by atoms with Gasteiger partial charge in [-0.25, -0.2) is 4.79 Å². The predicted octanol–water partition coefficient (Wildman–Crippen LogP) is 3.83. The molecule has 5 heteroatoms. The molecule has 1 rings (SSSR count). The number of carbonyl (C=O) groups excluding carboxylic acids is 2. The molecule has 0 saturated heterocycles. The number of hydrogen-bond acceptors (Lipinski definition) is 3. The Balaban J connectivity index is 2.31. The van der Waals surface area contributed by atoms with E-state index in [1.807, 2.05) is 45.0 Å². The first-order valence-corrected chi connectivity index (χ1v) is 8.04. The summed E-state index contributed by atoms with van der Waals surface area (Å²) in [4.78, 5) is 25.2. The van der Waals surface area contributed by atoms with E-state index in [9.17, 15) is 9.59 Å². The number of benzene rings is 1. The number of amides is 2. The van der Waals surface area contributed by atoms with Crippen LogP contribution in [0.3, 0.4) is 0 Å². The molecule has 23 heavy (non-hydrogen) atoms. The molecule has 0 radical (unpaired) electrons. The quantitative estimate of drug-likeness (QED) is 0.866. The molecule has 0 aliphatic heterocycles. The van der Waals surface area contributed by atoms with Crippen molar-refractivity contribution in [2.24, 2.45) is 0 Å². The first kappa shape index (κ1) is 19.0. The molecule has 0 unspecified atom stereocenters. The highest BCUT2D eigenvalue weighted by Crippen LogP contribution is 2.11. The van der Waals surface area contributed by atoms with Crippen LogP contribution in [0.4, 0.5) is 10.5 Å². The molecule has 0 spiro atoms. The molecule has 5 nitrogen and oxygen atoms in total. The first-order chi connectivity index (χ1) is 10.7. The SMILES string of the molecule is CCc1ccc(NC(=O)CCCN(C)C(=O)OC(C)(C)C)cc1. The van der Waals surface area contributed by atoms with E-state index in [0.717, 1.165) is 12.1 Å². The molecule has 2 amide bonds. The number of aryl methyl sites for hydroxylation is 1. The number of nitrogens with zero attached hydrogens (tertiary/aromatic N) is 1. The standard InChI is InChI=1S/C18H28N2O3/c1-6-14-9-11-15(12-10-14)19-16(21)8-7-13-20(5)17(22)23-18(2,3)4/h9-12H,6-8,13H2,1-5H3,(H,19,21). The van der Waals surface area contributed by atoms with Crippen molar-refractivity contribution in [3.8, 4) is 0 Å². The number of ether oxygens (including phenoxy) is 1. The minimum absolute atomic E-state index is 0.0492. The molecule has 1 N–H and O–H groups in total. The van der Waals surface area contributed by atoms with Crippen molar-refractivity contribution >= 4 is 17.7 Å². The second-order valence-corrected chi connectivity index (χ2v) is 6.60. The molecule has 1 aromatic carbocycles. The maximum absolute atomic E-state index is 11.9. The van der Waals surface area contributed by atoms with Crippen LogP contribution < -0.4 is 5.32 Å².